The molecule has 2 heterocycles. The first-order valence-electron chi connectivity index (χ1n) is 8.75. The van der Waals surface area contributed by atoms with Gasteiger partial charge in [-0.15, -0.1) is 0 Å². The number of nitrogens with zero attached hydrogens (tertiary/aromatic N) is 3. The first-order chi connectivity index (χ1) is 12.0. The molecule has 1 unspecified atom stereocenters. The quantitative estimate of drug-likeness (QED) is 0.888. The molecule has 0 aliphatic carbocycles. The number of hydrogen-bond donors (Lipinski definition) is 2. The lowest BCUT2D eigenvalue weighted by atomic mass is 10.0. The van der Waals surface area contributed by atoms with E-state index in [9.17, 15) is 4.79 Å². The number of nitrogens with one attached hydrogen (secondary N) is 2. The van der Waals surface area contributed by atoms with Gasteiger partial charge in [0.05, 0.1) is 0 Å². The van der Waals surface area contributed by atoms with Crippen molar-refractivity contribution in [1.29, 1.82) is 0 Å². The fourth-order valence-electron chi connectivity index (χ4n) is 3.17. The van der Waals surface area contributed by atoms with Crippen LogP contribution in [0.2, 0.25) is 0 Å². The summed E-state index contributed by atoms with van der Waals surface area (Å²) in [6.45, 7) is 7.84. The Labute approximate surface area is 148 Å². The second kappa shape index (κ2) is 7.51. The van der Waals surface area contributed by atoms with Crippen molar-refractivity contribution >= 4 is 29.0 Å². The summed E-state index contributed by atoms with van der Waals surface area (Å²) in [5.74, 6) is 2.15. The second-order valence-corrected chi connectivity index (χ2v) is 6.77. The van der Waals surface area contributed by atoms with Crippen molar-refractivity contribution in [1.82, 2.24) is 9.97 Å². The number of rotatable bonds is 4. The summed E-state index contributed by atoms with van der Waals surface area (Å²) in [5.41, 5.74) is 2.52. The van der Waals surface area contributed by atoms with Crippen molar-refractivity contribution in [3.63, 3.8) is 0 Å². The normalized spacial score (nSPS) is 17.2. The number of benzene rings is 1. The predicted molar refractivity (Wildman–Crippen MR) is 101 cm³/mol. The summed E-state index contributed by atoms with van der Waals surface area (Å²) in [6, 6.07) is 9.58. The van der Waals surface area contributed by atoms with Gasteiger partial charge in [0.25, 0.3) is 0 Å². The van der Waals surface area contributed by atoms with Gasteiger partial charge in [-0.05, 0) is 43.9 Å². The average molecular weight is 339 g/mol. The number of aromatic nitrogens is 2. The Kier molecular flexibility index (Phi) is 5.16. The molecule has 3 rings (SSSR count). The lowest BCUT2D eigenvalue weighted by Gasteiger charge is -2.32. The van der Waals surface area contributed by atoms with E-state index in [0.29, 0.717) is 11.9 Å². The van der Waals surface area contributed by atoms with Gasteiger partial charge in [-0.25, -0.2) is 4.98 Å². The average Bonchev–Trinajstić information content (AvgIpc) is 2.54. The van der Waals surface area contributed by atoms with Gasteiger partial charge in [-0.3, -0.25) is 4.79 Å². The summed E-state index contributed by atoms with van der Waals surface area (Å²) < 4.78 is 0. The van der Waals surface area contributed by atoms with E-state index in [0.717, 1.165) is 36.0 Å². The Hall–Kier alpha value is -2.63. The molecule has 0 spiro atoms. The number of piperidine rings is 1. The van der Waals surface area contributed by atoms with Crippen LogP contribution in [0.3, 0.4) is 0 Å². The van der Waals surface area contributed by atoms with Crippen LogP contribution in [0.25, 0.3) is 0 Å². The molecule has 0 bridgehead atoms. The lowest BCUT2D eigenvalue weighted by molar-refractivity contribution is -0.114. The maximum atomic E-state index is 11.2. The van der Waals surface area contributed by atoms with E-state index >= 15 is 0 Å². The molecule has 25 heavy (non-hydrogen) atoms. The highest BCUT2D eigenvalue weighted by molar-refractivity contribution is 5.89. The molecular weight excluding hydrogens is 314 g/mol. The smallest absolute Gasteiger partial charge is 0.229 e. The first kappa shape index (κ1) is 17.2. The summed E-state index contributed by atoms with van der Waals surface area (Å²) in [4.78, 5) is 22.7. The van der Waals surface area contributed by atoms with Crippen molar-refractivity contribution in [2.75, 3.05) is 28.6 Å². The van der Waals surface area contributed by atoms with E-state index in [2.05, 4.69) is 27.4 Å². The standard InChI is InChI=1S/C19H25N5O/c1-13-6-5-9-24(12-13)18-10-14(2)20-19(23-18)22-17-8-4-7-16(11-17)21-15(3)25/h4,7-8,10-11,13H,5-6,9,12H2,1-3H3,(H,21,25)(H,20,22,23). The van der Waals surface area contributed by atoms with E-state index in [1.807, 2.05) is 37.3 Å². The minimum absolute atomic E-state index is 0.0922. The zero-order valence-corrected chi connectivity index (χ0v) is 15.0. The molecule has 0 radical (unpaired) electrons. The van der Waals surface area contributed by atoms with Crippen molar-refractivity contribution in [2.24, 2.45) is 5.92 Å². The van der Waals surface area contributed by atoms with E-state index in [-0.39, 0.29) is 5.91 Å². The second-order valence-electron chi connectivity index (χ2n) is 6.77. The molecule has 132 valence electrons. The number of carbonyl (C=O) groups is 1. The van der Waals surface area contributed by atoms with Crippen LogP contribution in [0.1, 0.15) is 32.4 Å². The van der Waals surface area contributed by atoms with E-state index < -0.39 is 0 Å². The van der Waals surface area contributed by atoms with Crippen molar-refractivity contribution < 1.29 is 4.79 Å². The van der Waals surface area contributed by atoms with Crippen molar-refractivity contribution in [3.8, 4) is 0 Å². The molecule has 0 saturated carbocycles. The zero-order chi connectivity index (χ0) is 17.8. The molecule has 1 atom stereocenters. The Morgan fingerprint density at radius 3 is 2.80 bits per heavy atom. The van der Waals surface area contributed by atoms with Crippen molar-refractivity contribution in [3.05, 3.63) is 36.0 Å². The number of amides is 1. The maximum absolute atomic E-state index is 11.2. The fourth-order valence-corrected chi connectivity index (χ4v) is 3.17. The molecule has 1 aromatic heterocycles. The summed E-state index contributed by atoms with van der Waals surface area (Å²) >= 11 is 0. The molecule has 1 fully saturated rings. The third-order valence-corrected chi connectivity index (χ3v) is 4.26. The van der Waals surface area contributed by atoms with Gasteiger partial charge < -0.3 is 15.5 Å². The SMILES string of the molecule is CC(=O)Nc1cccc(Nc2nc(C)cc(N3CCCC(C)C3)n2)c1. The molecule has 6 nitrogen and oxygen atoms in total. The maximum Gasteiger partial charge on any atom is 0.229 e. The van der Waals surface area contributed by atoms with Gasteiger partial charge >= 0.3 is 0 Å². The Morgan fingerprint density at radius 2 is 2.04 bits per heavy atom. The molecule has 2 N–H and O–H groups in total. The summed E-state index contributed by atoms with van der Waals surface area (Å²) in [7, 11) is 0. The van der Waals surface area contributed by atoms with E-state index in [1.54, 1.807) is 0 Å². The number of aryl methyl sites for hydroxylation is 1. The topological polar surface area (TPSA) is 70.2 Å². The van der Waals surface area contributed by atoms with Gasteiger partial charge in [0.15, 0.2) is 0 Å². The number of carbonyl (C=O) groups excluding carboxylic acids is 1. The van der Waals surface area contributed by atoms with E-state index in [4.69, 9.17) is 4.98 Å². The minimum atomic E-state index is -0.0922. The van der Waals surface area contributed by atoms with Gasteiger partial charge in [-0.2, -0.15) is 4.98 Å². The van der Waals surface area contributed by atoms with Gasteiger partial charge in [0.2, 0.25) is 11.9 Å². The molecule has 2 aromatic rings. The Bertz CT molecular complexity index is 761. The van der Waals surface area contributed by atoms with Gasteiger partial charge in [0, 0.05) is 43.1 Å². The van der Waals surface area contributed by atoms with Gasteiger partial charge in [-0.1, -0.05) is 13.0 Å². The number of anilines is 4. The summed E-state index contributed by atoms with van der Waals surface area (Å²) in [6.07, 6.45) is 2.48. The summed E-state index contributed by atoms with van der Waals surface area (Å²) in [5, 5.41) is 6.03. The third kappa shape index (κ3) is 4.68. The molecular formula is C19H25N5O. The van der Waals surface area contributed by atoms with Crippen LogP contribution < -0.4 is 15.5 Å². The predicted octanol–water partition coefficient (Wildman–Crippen LogP) is 3.72. The van der Waals surface area contributed by atoms with Crippen LogP contribution in [-0.2, 0) is 4.79 Å². The van der Waals surface area contributed by atoms with Crippen LogP contribution in [0.4, 0.5) is 23.1 Å². The highest BCUT2D eigenvalue weighted by atomic mass is 16.1. The van der Waals surface area contributed by atoms with Gasteiger partial charge in [0.1, 0.15) is 5.82 Å². The van der Waals surface area contributed by atoms with Crippen LogP contribution in [-0.4, -0.2) is 29.0 Å². The third-order valence-electron chi connectivity index (χ3n) is 4.26. The Balaban J connectivity index is 1.79. The Morgan fingerprint density at radius 1 is 1.24 bits per heavy atom. The monoisotopic (exact) mass is 339 g/mol. The lowest BCUT2D eigenvalue weighted by Crippen LogP contribution is -2.35. The zero-order valence-electron chi connectivity index (χ0n) is 15.0. The molecule has 1 aromatic carbocycles. The largest absolute Gasteiger partial charge is 0.356 e. The highest BCUT2D eigenvalue weighted by Crippen LogP contribution is 2.24. The van der Waals surface area contributed by atoms with Crippen molar-refractivity contribution in [2.45, 2.75) is 33.6 Å². The minimum Gasteiger partial charge on any atom is -0.356 e. The van der Waals surface area contributed by atoms with Crippen LogP contribution in [0.15, 0.2) is 30.3 Å². The molecule has 1 saturated heterocycles. The molecule has 6 heteroatoms. The first-order valence-corrected chi connectivity index (χ1v) is 8.75. The van der Waals surface area contributed by atoms with E-state index in [1.165, 1.54) is 19.8 Å². The molecule has 1 amide bonds. The van der Waals surface area contributed by atoms with Crippen LogP contribution >= 0.6 is 0 Å². The number of hydrogen-bond acceptors (Lipinski definition) is 5. The van der Waals surface area contributed by atoms with Crippen LogP contribution in [0.5, 0.6) is 0 Å². The van der Waals surface area contributed by atoms with Crippen LogP contribution in [0, 0.1) is 12.8 Å². The fraction of sp³-hybridized carbons (Fsp3) is 0.421. The highest BCUT2D eigenvalue weighted by Gasteiger charge is 2.18. The molecule has 1 aliphatic heterocycles. The molecule has 1 aliphatic rings.